The highest BCUT2D eigenvalue weighted by atomic mass is 35.5. The van der Waals surface area contributed by atoms with Gasteiger partial charge in [-0.05, 0) is 29.6 Å². The quantitative estimate of drug-likeness (QED) is 0.286. The summed E-state index contributed by atoms with van der Waals surface area (Å²) in [5, 5.41) is 5.39. The third kappa shape index (κ3) is 5.86. The van der Waals surface area contributed by atoms with Crippen LogP contribution in [-0.2, 0) is 24.0 Å². The Hall–Kier alpha value is -2.57. The second-order valence-electron chi connectivity index (χ2n) is 11.1. The first-order valence-corrected chi connectivity index (χ1v) is 13.1. The molecule has 0 aromatic rings. The van der Waals surface area contributed by atoms with Crippen molar-refractivity contribution >= 4 is 41.1 Å². The highest BCUT2D eigenvalue weighted by Crippen LogP contribution is 2.65. The number of nitrogens with zero attached hydrogens (tertiary/aromatic N) is 2. The first-order valence-electron chi connectivity index (χ1n) is 12.7. The lowest BCUT2D eigenvalue weighted by molar-refractivity contribution is -0.152. The molecular weight excluding hydrogens is 531 g/mol. The predicted octanol–water partition coefficient (Wildman–Crippen LogP) is 1.19. The van der Waals surface area contributed by atoms with Gasteiger partial charge in [0.05, 0.1) is 12.5 Å². The molecule has 3 rings (SSSR count). The van der Waals surface area contributed by atoms with Crippen LogP contribution in [0.5, 0.6) is 0 Å². The Morgan fingerprint density at radius 3 is 2.42 bits per heavy atom. The van der Waals surface area contributed by atoms with Gasteiger partial charge in [-0.25, -0.2) is 9.40 Å². The smallest absolute Gasteiger partial charge is 0.321 e. The summed E-state index contributed by atoms with van der Waals surface area (Å²) in [5.41, 5.74) is -0.460. The molecule has 2 heterocycles. The number of likely N-dealkylation sites (tertiary alicyclic amines) is 1. The molecule has 3 aliphatic rings. The summed E-state index contributed by atoms with van der Waals surface area (Å²) in [6.07, 6.45) is 0.746. The highest BCUT2D eigenvalue weighted by molar-refractivity contribution is 6.29. The van der Waals surface area contributed by atoms with Crippen LogP contribution in [0.25, 0.3) is 0 Å². The number of piperidine rings is 1. The number of carbonyl (C=O) groups excluding carboxylic acids is 5. The van der Waals surface area contributed by atoms with E-state index in [0.29, 0.717) is 31.3 Å². The monoisotopic (exact) mass is 565 g/mol. The van der Waals surface area contributed by atoms with Gasteiger partial charge in [-0.15, -0.1) is 0 Å². The number of alkyl halides is 4. The van der Waals surface area contributed by atoms with Crippen LogP contribution in [0, 0.1) is 29.1 Å². The Labute approximate surface area is 224 Å². The number of hydrogen-bond acceptors (Lipinski definition) is 5. The van der Waals surface area contributed by atoms with E-state index in [0.717, 1.165) is 0 Å². The van der Waals surface area contributed by atoms with Crippen LogP contribution < -0.4 is 16.1 Å². The number of halogens is 4. The minimum absolute atomic E-state index is 0.0881. The van der Waals surface area contributed by atoms with Crippen molar-refractivity contribution in [1.29, 1.82) is 0 Å². The number of rotatable bonds is 9. The first-order chi connectivity index (χ1) is 17.5. The van der Waals surface area contributed by atoms with Gasteiger partial charge in [-0.1, -0.05) is 45.7 Å². The van der Waals surface area contributed by atoms with Crippen molar-refractivity contribution in [2.24, 2.45) is 29.1 Å². The summed E-state index contributed by atoms with van der Waals surface area (Å²) in [6, 6.07) is -2.43. The van der Waals surface area contributed by atoms with E-state index in [-0.39, 0.29) is 36.2 Å². The fourth-order valence-electron chi connectivity index (χ4n) is 5.49. The van der Waals surface area contributed by atoms with Gasteiger partial charge in [-0.3, -0.25) is 29.4 Å². The number of hydrogen-bond donors (Lipinski definition) is 3. The van der Waals surface area contributed by atoms with Gasteiger partial charge in [0.2, 0.25) is 11.8 Å². The Balaban J connectivity index is 1.86. The van der Waals surface area contributed by atoms with Crippen LogP contribution in [0.2, 0.25) is 0 Å². The lowest BCUT2D eigenvalue weighted by Gasteiger charge is -2.36. The zero-order valence-corrected chi connectivity index (χ0v) is 22.8. The van der Waals surface area contributed by atoms with E-state index in [9.17, 15) is 37.1 Å². The molecule has 0 aromatic carbocycles. The van der Waals surface area contributed by atoms with Gasteiger partial charge in [-0.2, -0.15) is 8.78 Å². The van der Waals surface area contributed by atoms with E-state index < -0.39 is 59.1 Å². The molecule has 0 spiro atoms. The minimum Gasteiger partial charge on any atom is -0.356 e. The standard InChI is InChI=1S/C24H35ClF3N5O5/c1-6-11(2)15(30-22(38)24(5,27)28)20(36)32-10-13-14(23(13,3)4)16(32)19(35)31-33(21(37)17(25)26)9-12-7-8-29-18(12)34/h11-17H,6-10H2,1-5H3,(H,29,34)(H,30,38)(H,31,35)/t11?,12-,13-,14-,15?,16-,17?/m0/s1. The van der Waals surface area contributed by atoms with E-state index >= 15 is 0 Å². The van der Waals surface area contributed by atoms with Crippen molar-refractivity contribution < 1.29 is 37.1 Å². The normalized spacial score (nSPS) is 28.0. The Kier molecular flexibility index (Phi) is 8.59. The summed E-state index contributed by atoms with van der Waals surface area (Å²) in [5.74, 6) is -10.1. The Bertz CT molecular complexity index is 991. The molecule has 3 unspecified atom stereocenters. The topological polar surface area (TPSA) is 128 Å². The molecule has 214 valence electrons. The summed E-state index contributed by atoms with van der Waals surface area (Å²) in [7, 11) is 0. The molecule has 0 radical (unpaired) electrons. The van der Waals surface area contributed by atoms with Crippen molar-refractivity contribution in [3.8, 4) is 0 Å². The second kappa shape index (κ2) is 10.9. The summed E-state index contributed by atoms with van der Waals surface area (Å²) in [6.45, 7) is 7.80. The number of carbonyl (C=O) groups is 5. The maximum absolute atomic E-state index is 13.8. The van der Waals surface area contributed by atoms with Gasteiger partial charge in [0, 0.05) is 20.0 Å². The van der Waals surface area contributed by atoms with Crippen molar-refractivity contribution in [2.45, 2.75) is 71.1 Å². The van der Waals surface area contributed by atoms with Crippen molar-refractivity contribution in [3.63, 3.8) is 0 Å². The van der Waals surface area contributed by atoms with Gasteiger partial charge >= 0.3 is 5.92 Å². The zero-order chi connectivity index (χ0) is 28.7. The molecule has 7 atom stereocenters. The van der Waals surface area contributed by atoms with Crippen molar-refractivity contribution in [3.05, 3.63) is 0 Å². The second-order valence-corrected chi connectivity index (χ2v) is 11.5. The van der Waals surface area contributed by atoms with Gasteiger partial charge < -0.3 is 15.5 Å². The van der Waals surface area contributed by atoms with Crippen LogP contribution in [0.4, 0.5) is 13.2 Å². The minimum atomic E-state index is -3.71. The fourth-order valence-corrected chi connectivity index (χ4v) is 5.61. The molecular formula is C24H35ClF3N5O5. The molecule has 10 nitrogen and oxygen atoms in total. The average molecular weight is 566 g/mol. The van der Waals surface area contributed by atoms with Crippen LogP contribution in [0.1, 0.15) is 47.5 Å². The molecule has 0 aromatic heterocycles. The fraction of sp³-hybridized carbons (Fsp3) is 0.792. The number of amides is 5. The van der Waals surface area contributed by atoms with E-state index in [1.54, 1.807) is 13.8 Å². The number of hydrazine groups is 1. The first kappa shape index (κ1) is 30.0. The SMILES string of the molecule is CCC(C)C(NC(=O)C(C)(F)F)C(=O)N1C[C@H]2[C@@H]([C@H]1C(=O)NN(C[C@@H]1CCNC1=O)C(=O)C(F)Cl)C2(C)C. The zero-order valence-electron chi connectivity index (χ0n) is 22.0. The maximum Gasteiger partial charge on any atom is 0.321 e. The lowest BCUT2D eigenvalue weighted by Crippen LogP contribution is -2.61. The Morgan fingerprint density at radius 2 is 1.92 bits per heavy atom. The largest absolute Gasteiger partial charge is 0.356 e. The molecule has 5 amide bonds. The molecule has 3 fully saturated rings. The molecule has 14 heteroatoms. The molecule has 2 saturated heterocycles. The highest BCUT2D eigenvalue weighted by Gasteiger charge is 2.69. The molecule has 1 saturated carbocycles. The molecule has 0 bridgehead atoms. The predicted molar refractivity (Wildman–Crippen MR) is 130 cm³/mol. The summed E-state index contributed by atoms with van der Waals surface area (Å²) >= 11 is 5.35. The van der Waals surface area contributed by atoms with Crippen LogP contribution in [0.15, 0.2) is 0 Å². The van der Waals surface area contributed by atoms with Crippen molar-refractivity contribution in [2.75, 3.05) is 19.6 Å². The van der Waals surface area contributed by atoms with E-state index in [1.165, 1.54) is 4.90 Å². The maximum atomic E-state index is 13.8. The van der Waals surface area contributed by atoms with Crippen LogP contribution >= 0.6 is 11.6 Å². The van der Waals surface area contributed by atoms with E-state index in [2.05, 4.69) is 16.1 Å². The summed E-state index contributed by atoms with van der Waals surface area (Å²) in [4.78, 5) is 64.9. The van der Waals surface area contributed by atoms with Gasteiger partial charge in [0.1, 0.15) is 12.1 Å². The average Bonchev–Trinajstić information content (AvgIpc) is 3.19. The number of fused-ring (bicyclic) bond motifs is 1. The molecule has 3 N–H and O–H groups in total. The molecule has 2 aliphatic heterocycles. The lowest BCUT2D eigenvalue weighted by atomic mass is 9.95. The van der Waals surface area contributed by atoms with Crippen LogP contribution in [-0.4, -0.2) is 82.7 Å². The molecule has 38 heavy (non-hydrogen) atoms. The number of nitrogens with one attached hydrogen (secondary N) is 3. The Morgan fingerprint density at radius 1 is 1.29 bits per heavy atom. The molecule has 1 aliphatic carbocycles. The van der Waals surface area contributed by atoms with E-state index in [1.807, 2.05) is 13.8 Å². The van der Waals surface area contributed by atoms with Gasteiger partial charge in [0.15, 0.2) is 0 Å². The van der Waals surface area contributed by atoms with Crippen LogP contribution in [0.3, 0.4) is 0 Å². The van der Waals surface area contributed by atoms with Gasteiger partial charge in [0.25, 0.3) is 23.4 Å². The third-order valence-electron chi connectivity index (χ3n) is 8.19. The summed E-state index contributed by atoms with van der Waals surface area (Å²) < 4.78 is 41.0. The van der Waals surface area contributed by atoms with E-state index in [4.69, 9.17) is 11.6 Å². The van der Waals surface area contributed by atoms with Crippen molar-refractivity contribution in [1.82, 2.24) is 26.0 Å². The third-order valence-corrected chi connectivity index (χ3v) is 8.37.